The Labute approximate surface area is 224 Å². The van der Waals surface area contributed by atoms with Gasteiger partial charge in [0.25, 0.3) is 0 Å². The normalized spacial score (nSPS) is 12.6. The van der Waals surface area contributed by atoms with Crippen LogP contribution in [0.3, 0.4) is 0 Å². The summed E-state index contributed by atoms with van der Waals surface area (Å²) in [6, 6.07) is 21.0. The monoisotopic (exact) mass is 579 g/mol. The Kier molecular flexibility index (Phi) is 8.31. The van der Waals surface area contributed by atoms with Gasteiger partial charge in [-0.3, -0.25) is 0 Å². The molecule has 0 saturated heterocycles. The fraction of sp³-hybridized carbons (Fsp3) is 0.185. The first kappa shape index (κ1) is 28.6. The number of sulfonamides is 1. The van der Waals surface area contributed by atoms with Crippen molar-refractivity contribution in [2.24, 2.45) is 0 Å². The molecule has 0 aromatic heterocycles. The molecule has 0 fully saturated rings. The summed E-state index contributed by atoms with van der Waals surface area (Å²) < 4.78 is 102. The Bertz CT molecular complexity index is 1670. The summed E-state index contributed by atoms with van der Waals surface area (Å²) in [6.45, 7) is 0.163. The minimum absolute atomic E-state index is 0.0425. The van der Waals surface area contributed by atoms with Gasteiger partial charge in [-0.05, 0) is 58.8 Å². The molecule has 0 aliphatic heterocycles. The van der Waals surface area contributed by atoms with E-state index < -0.39 is 36.8 Å². The Balaban J connectivity index is 1.54. The van der Waals surface area contributed by atoms with Gasteiger partial charge in [0.1, 0.15) is 10.6 Å². The molecule has 0 N–H and O–H groups in total. The van der Waals surface area contributed by atoms with E-state index in [0.29, 0.717) is 11.6 Å². The highest BCUT2D eigenvalue weighted by Crippen LogP contribution is 2.31. The zero-order chi connectivity index (χ0) is 28.3. The molecule has 39 heavy (non-hydrogen) atoms. The Morgan fingerprint density at radius 1 is 0.769 bits per heavy atom. The zero-order valence-corrected chi connectivity index (χ0v) is 22.3. The van der Waals surface area contributed by atoms with Crippen LogP contribution in [0.5, 0.6) is 5.75 Å². The van der Waals surface area contributed by atoms with Crippen LogP contribution in [0.15, 0.2) is 101 Å². The van der Waals surface area contributed by atoms with Gasteiger partial charge in [0.05, 0.1) is 17.1 Å². The largest absolute Gasteiger partial charge is 0.416 e. The van der Waals surface area contributed by atoms with Gasteiger partial charge >= 0.3 is 16.3 Å². The van der Waals surface area contributed by atoms with Crippen molar-refractivity contribution in [1.29, 1.82) is 0 Å². The van der Waals surface area contributed by atoms with Gasteiger partial charge in [-0.15, -0.1) is 0 Å². The molecule has 7 nitrogen and oxygen atoms in total. The summed E-state index contributed by atoms with van der Waals surface area (Å²) in [6.07, 6.45) is -4.71. The third-order valence-electron chi connectivity index (χ3n) is 5.84. The molecule has 12 heteroatoms. The van der Waals surface area contributed by atoms with Crippen molar-refractivity contribution in [2.45, 2.75) is 22.5 Å². The van der Waals surface area contributed by atoms with Gasteiger partial charge in [-0.2, -0.15) is 25.9 Å². The summed E-state index contributed by atoms with van der Waals surface area (Å²) in [5.41, 5.74) is -0.592. The van der Waals surface area contributed by atoms with Crippen LogP contribution in [0.4, 0.5) is 13.2 Å². The van der Waals surface area contributed by atoms with Crippen molar-refractivity contribution in [2.75, 3.05) is 20.3 Å². The number of nitrogens with zero attached hydrogens (tertiary/aromatic N) is 1. The summed E-state index contributed by atoms with van der Waals surface area (Å²) in [7, 11) is -7.01. The molecular formula is C27H24F3NO6S2. The topological polar surface area (TPSA) is 90.0 Å². The smallest absolute Gasteiger partial charge is 0.383 e. The molecule has 4 aromatic carbocycles. The maximum Gasteiger partial charge on any atom is 0.416 e. The highest BCUT2D eigenvalue weighted by atomic mass is 32.2. The predicted molar refractivity (Wildman–Crippen MR) is 139 cm³/mol. The molecule has 0 atom stereocenters. The average molecular weight is 580 g/mol. The first-order chi connectivity index (χ1) is 18.4. The molecular weight excluding hydrogens is 555 g/mol. The van der Waals surface area contributed by atoms with Crippen molar-refractivity contribution in [3.05, 3.63) is 102 Å². The van der Waals surface area contributed by atoms with E-state index in [0.717, 1.165) is 29.0 Å². The third-order valence-corrected chi connectivity index (χ3v) is 8.93. The third kappa shape index (κ3) is 6.77. The highest BCUT2D eigenvalue weighted by Gasteiger charge is 2.32. The number of benzene rings is 4. The Hall–Kier alpha value is -3.45. The van der Waals surface area contributed by atoms with E-state index in [4.69, 9.17) is 8.92 Å². The van der Waals surface area contributed by atoms with Crippen LogP contribution in [0.2, 0.25) is 0 Å². The zero-order valence-electron chi connectivity index (χ0n) is 20.6. The number of hydrogen-bond acceptors (Lipinski definition) is 6. The van der Waals surface area contributed by atoms with Crippen LogP contribution in [0.1, 0.15) is 11.1 Å². The fourth-order valence-electron chi connectivity index (χ4n) is 3.81. The molecule has 0 unspecified atom stereocenters. The first-order valence-electron chi connectivity index (χ1n) is 11.6. The molecule has 0 saturated carbocycles. The Morgan fingerprint density at radius 3 is 2.13 bits per heavy atom. The molecule has 0 bridgehead atoms. The van der Waals surface area contributed by atoms with Gasteiger partial charge in [0, 0.05) is 20.2 Å². The highest BCUT2D eigenvalue weighted by molar-refractivity contribution is 7.89. The number of methoxy groups -OCH3 is 1. The molecule has 0 heterocycles. The van der Waals surface area contributed by atoms with Gasteiger partial charge in [-0.1, -0.05) is 48.5 Å². The molecule has 4 aromatic rings. The second-order valence-corrected chi connectivity index (χ2v) is 12.0. The lowest BCUT2D eigenvalue weighted by Gasteiger charge is -2.22. The molecule has 0 radical (unpaired) electrons. The number of hydrogen-bond donors (Lipinski definition) is 0. The van der Waals surface area contributed by atoms with Crippen LogP contribution >= 0.6 is 0 Å². The van der Waals surface area contributed by atoms with E-state index in [1.54, 1.807) is 12.1 Å². The summed E-state index contributed by atoms with van der Waals surface area (Å²) in [5, 5.41) is 1.67. The second kappa shape index (κ2) is 11.3. The van der Waals surface area contributed by atoms with Crippen molar-refractivity contribution < 1.29 is 38.9 Å². The maximum atomic E-state index is 13.5. The second-order valence-electron chi connectivity index (χ2n) is 8.55. The van der Waals surface area contributed by atoms with Gasteiger partial charge in [0.15, 0.2) is 0 Å². The summed E-state index contributed by atoms with van der Waals surface area (Å²) >= 11 is 0. The van der Waals surface area contributed by atoms with Crippen LogP contribution in [0, 0.1) is 0 Å². The summed E-state index contributed by atoms with van der Waals surface area (Å²) in [4.78, 5) is -0.530. The molecule has 0 amide bonds. The number of rotatable bonds is 10. The first-order valence-corrected chi connectivity index (χ1v) is 14.4. The Morgan fingerprint density at radius 2 is 1.46 bits per heavy atom. The maximum absolute atomic E-state index is 13.5. The molecule has 0 aliphatic carbocycles. The number of ether oxygens (including phenoxy) is 1. The molecule has 0 aliphatic rings. The summed E-state index contributed by atoms with van der Waals surface area (Å²) in [5.74, 6) is -0.142. The van der Waals surface area contributed by atoms with Gasteiger partial charge in [0.2, 0.25) is 10.0 Å². The molecule has 4 rings (SSSR count). The van der Waals surface area contributed by atoms with Gasteiger partial charge < -0.3 is 8.92 Å². The predicted octanol–water partition coefficient (Wildman–Crippen LogP) is 5.46. The number of halogens is 3. The van der Waals surface area contributed by atoms with Crippen LogP contribution in [0.25, 0.3) is 10.8 Å². The quantitative estimate of drug-likeness (QED) is 0.232. The van der Waals surface area contributed by atoms with Crippen molar-refractivity contribution in [1.82, 2.24) is 4.31 Å². The lowest BCUT2D eigenvalue weighted by molar-refractivity contribution is -0.137. The van der Waals surface area contributed by atoms with E-state index in [1.807, 2.05) is 24.3 Å². The van der Waals surface area contributed by atoms with Crippen LogP contribution in [-0.4, -0.2) is 41.4 Å². The average Bonchev–Trinajstić information content (AvgIpc) is 2.91. The van der Waals surface area contributed by atoms with E-state index in [9.17, 15) is 30.0 Å². The standard InChI is InChI=1S/C27H24F3NO6S2/c1-36-16-15-31(38(32,33)25-14-11-21-5-2-3-6-22(21)17-25)19-20-9-12-24(13-10-20)37-39(34,35)26-8-4-7-23(18-26)27(28,29)30/h2-14,17-18H,15-16,19H2,1H3. The lowest BCUT2D eigenvalue weighted by atomic mass is 10.1. The SMILES string of the molecule is COCCN(Cc1ccc(OS(=O)(=O)c2cccc(C(F)(F)F)c2)cc1)S(=O)(=O)c1ccc2ccccc2c1. The van der Waals surface area contributed by atoms with Crippen LogP contribution < -0.4 is 4.18 Å². The van der Waals surface area contributed by atoms with Gasteiger partial charge in [-0.25, -0.2) is 8.42 Å². The minimum atomic E-state index is -4.71. The van der Waals surface area contributed by atoms with E-state index in [1.165, 1.54) is 41.7 Å². The number of alkyl halides is 3. The van der Waals surface area contributed by atoms with Crippen molar-refractivity contribution in [3.8, 4) is 5.75 Å². The van der Waals surface area contributed by atoms with Crippen molar-refractivity contribution >= 4 is 30.9 Å². The molecule has 0 spiro atoms. The number of fused-ring (bicyclic) bond motifs is 1. The van der Waals surface area contributed by atoms with Crippen molar-refractivity contribution in [3.63, 3.8) is 0 Å². The lowest BCUT2D eigenvalue weighted by Crippen LogP contribution is -2.33. The molecule has 206 valence electrons. The fourth-order valence-corrected chi connectivity index (χ4v) is 6.24. The minimum Gasteiger partial charge on any atom is -0.383 e. The van der Waals surface area contributed by atoms with E-state index in [2.05, 4.69) is 0 Å². The van der Waals surface area contributed by atoms with E-state index in [-0.39, 0.29) is 30.3 Å². The van der Waals surface area contributed by atoms with Crippen LogP contribution in [-0.2, 0) is 37.6 Å². The van der Waals surface area contributed by atoms with E-state index >= 15 is 0 Å².